The van der Waals surface area contributed by atoms with E-state index in [0.717, 1.165) is 63.7 Å². The van der Waals surface area contributed by atoms with Crippen LogP contribution in [0.4, 0.5) is 0 Å². The molecule has 0 amide bonds. The van der Waals surface area contributed by atoms with Crippen molar-refractivity contribution < 1.29 is 28.6 Å². The van der Waals surface area contributed by atoms with Crippen molar-refractivity contribution >= 4 is 17.9 Å². The average Bonchev–Trinajstić information content (AvgIpc) is 3.18. The molecule has 0 aromatic carbocycles. The summed E-state index contributed by atoms with van der Waals surface area (Å²) in [7, 11) is 0. The third-order valence-corrected chi connectivity index (χ3v) is 11.3. The zero-order valence-corrected chi connectivity index (χ0v) is 38.1. The fourth-order valence-electron chi connectivity index (χ4n) is 7.51. The summed E-state index contributed by atoms with van der Waals surface area (Å²) in [6, 6.07) is 0. The molecule has 0 rings (SSSR count). The molecular weight excluding hydrogens is 697 g/mol. The number of hydrogen-bond donors (Lipinski definition) is 0. The SMILES string of the molecule is CCCCCCCCCCCCCCC(=O)OC[C@H](COC(=O)CCCCCCCCC)OC(=O)CCCCCCCCCCCCCCCCCCC(C)C. The molecule has 0 bridgehead atoms. The second kappa shape index (κ2) is 44.5. The van der Waals surface area contributed by atoms with Crippen molar-refractivity contribution in [3.8, 4) is 0 Å². The summed E-state index contributed by atoms with van der Waals surface area (Å²) >= 11 is 0. The predicted octanol–water partition coefficient (Wildman–Crippen LogP) is 15.9. The maximum Gasteiger partial charge on any atom is 0.306 e. The van der Waals surface area contributed by atoms with E-state index >= 15 is 0 Å². The van der Waals surface area contributed by atoms with E-state index in [1.54, 1.807) is 0 Å². The molecule has 0 N–H and O–H groups in total. The largest absolute Gasteiger partial charge is 0.462 e. The lowest BCUT2D eigenvalue weighted by Crippen LogP contribution is -2.30. The van der Waals surface area contributed by atoms with Crippen LogP contribution in [0.15, 0.2) is 0 Å². The molecule has 0 aromatic heterocycles. The van der Waals surface area contributed by atoms with Gasteiger partial charge < -0.3 is 14.2 Å². The summed E-state index contributed by atoms with van der Waals surface area (Å²) < 4.78 is 16.7. The van der Waals surface area contributed by atoms with Crippen LogP contribution >= 0.6 is 0 Å². The Labute approximate surface area is 348 Å². The standard InChI is InChI=1S/C50H96O6/c1-5-7-9-11-13-14-15-23-26-30-34-38-42-49(52)55-45-47(44-54-48(51)41-37-33-28-12-10-8-6-2)56-50(53)43-39-35-31-27-24-21-19-17-16-18-20-22-25-29-32-36-40-46(3)4/h46-47H,5-45H2,1-4H3/t47-/m0/s1. The fraction of sp³-hybridized carbons (Fsp3) is 0.940. The van der Waals surface area contributed by atoms with Crippen LogP contribution in [-0.2, 0) is 28.6 Å². The Hall–Kier alpha value is -1.59. The van der Waals surface area contributed by atoms with Gasteiger partial charge in [-0.25, -0.2) is 0 Å². The number of carbonyl (C=O) groups is 3. The van der Waals surface area contributed by atoms with Gasteiger partial charge in [-0.15, -0.1) is 0 Å². The first-order valence-electron chi connectivity index (χ1n) is 24.9. The first kappa shape index (κ1) is 54.4. The molecule has 0 saturated heterocycles. The van der Waals surface area contributed by atoms with E-state index < -0.39 is 6.10 Å². The van der Waals surface area contributed by atoms with Gasteiger partial charge in [-0.3, -0.25) is 14.4 Å². The quantitative estimate of drug-likeness (QED) is 0.0347. The number of carbonyl (C=O) groups excluding carboxylic acids is 3. The van der Waals surface area contributed by atoms with Gasteiger partial charge in [0, 0.05) is 19.3 Å². The normalized spacial score (nSPS) is 11.9. The van der Waals surface area contributed by atoms with Crippen molar-refractivity contribution in [2.75, 3.05) is 13.2 Å². The zero-order chi connectivity index (χ0) is 41.0. The number of ether oxygens (including phenoxy) is 3. The molecule has 56 heavy (non-hydrogen) atoms. The second-order valence-electron chi connectivity index (χ2n) is 17.6. The number of rotatable bonds is 45. The lowest BCUT2D eigenvalue weighted by molar-refractivity contribution is -0.167. The van der Waals surface area contributed by atoms with Crippen LogP contribution < -0.4 is 0 Å². The molecule has 0 radical (unpaired) electrons. The molecule has 0 aromatic rings. The Morgan fingerprint density at radius 3 is 0.875 bits per heavy atom. The van der Waals surface area contributed by atoms with Crippen molar-refractivity contribution in [1.82, 2.24) is 0 Å². The molecule has 1 atom stereocenters. The Balaban J connectivity index is 4.18. The summed E-state index contributed by atoms with van der Waals surface area (Å²) in [5, 5.41) is 0. The zero-order valence-electron chi connectivity index (χ0n) is 38.1. The monoisotopic (exact) mass is 793 g/mol. The first-order valence-corrected chi connectivity index (χ1v) is 24.9. The van der Waals surface area contributed by atoms with Gasteiger partial charge in [-0.05, 0) is 25.2 Å². The van der Waals surface area contributed by atoms with E-state index in [2.05, 4.69) is 27.7 Å². The van der Waals surface area contributed by atoms with E-state index in [1.807, 2.05) is 0 Å². The summed E-state index contributed by atoms with van der Waals surface area (Å²) in [5.41, 5.74) is 0. The smallest absolute Gasteiger partial charge is 0.306 e. The van der Waals surface area contributed by atoms with Crippen LogP contribution in [0.1, 0.15) is 278 Å². The van der Waals surface area contributed by atoms with Crippen LogP contribution in [0.25, 0.3) is 0 Å². The molecule has 0 fully saturated rings. The molecule has 0 spiro atoms. The number of esters is 3. The minimum absolute atomic E-state index is 0.0634. The Morgan fingerprint density at radius 1 is 0.339 bits per heavy atom. The molecule has 0 aliphatic heterocycles. The van der Waals surface area contributed by atoms with Crippen LogP contribution in [0, 0.1) is 5.92 Å². The minimum Gasteiger partial charge on any atom is -0.462 e. The van der Waals surface area contributed by atoms with E-state index in [0.29, 0.717) is 19.3 Å². The van der Waals surface area contributed by atoms with Gasteiger partial charge in [-0.1, -0.05) is 240 Å². The van der Waals surface area contributed by atoms with E-state index in [1.165, 1.54) is 173 Å². The lowest BCUT2D eigenvalue weighted by atomic mass is 10.0. The van der Waals surface area contributed by atoms with Crippen molar-refractivity contribution in [2.24, 2.45) is 5.92 Å². The van der Waals surface area contributed by atoms with Crippen molar-refractivity contribution in [3.05, 3.63) is 0 Å². The highest BCUT2D eigenvalue weighted by molar-refractivity contribution is 5.71. The van der Waals surface area contributed by atoms with Crippen molar-refractivity contribution in [1.29, 1.82) is 0 Å². The van der Waals surface area contributed by atoms with Gasteiger partial charge in [-0.2, -0.15) is 0 Å². The highest BCUT2D eigenvalue weighted by Crippen LogP contribution is 2.17. The molecule has 0 unspecified atom stereocenters. The summed E-state index contributed by atoms with van der Waals surface area (Å²) in [6.07, 6.45) is 45.3. The molecule has 0 heterocycles. The first-order chi connectivity index (χ1) is 27.4. The van der Waals surface area contributed by atoms with Gasteiger partial charge in [0.2, 0.25) is 0 Å². The predicted molar refractivity (Wildman–Crippen MR) is 238 cm³/mol. The van der Waals surface area contributed by atoms with Gasteiger partial charge >= 0.3 is 17.9 Å². The third-order valence-electron chi connectivity index (χ3n) is 11.3. The molecule has 0 aliphatic carbocycles. The summed E-state index contributed by atoms with van der Waals surface area (Å²) in [4.78, 5) is 37.7. The van der Waals surface area contributed by atoms with Crippen molar-refractivity contribution in [2.45, 2.75) is 284 Å². The van der Waals surface area contributed by atoms with E-state index in [9.17, 15) is 14.4 Å². The van der Waals surface area contributed by atoms with Gasteiger partial charge in [0.15, 0.2) is 6.10 Å². The van der Waals surface area contributed by atoms with Gasteiger partial charge in [0.25, 0.3) is 0 Å². The Kier molecular flexibility index (Phi) is 43.2. The number of unbranched alkanes of at least 4 members (excludes halogenated alkanes) is 32. The maximum absolute atomic E-state index is 12.7. The second-order valence-corrected chi connectivity index (χ2v) is 17.6. The minimum atomic E-state index is -0.758. The van der Waals surface area contributed by atoms with Gasteiger partial charge in [0.1, 0.15) is 13.2 Å². The fourth-order valence-corrected chi connectivity index (χ4v) is 7.51. The van der Waals surface area contributed by atoms with E-state index in [-0.39, 0.29) is 31.1 Å². The van der Waals surface area contributed by atoms with Crippen LogP contribution in [-0.4, -0.2) is 37.2 Å². The molecule has 6 heteroatoms. The topological polar surface area (TPSA) is 78.9 Å². The highest BCUT2D eigenvalue weighted by atomic mass is 16.6. The van der Waals surface area contributed by atoms with Crippen LogP contribution in [0.5, 0.6) is 0 Å². The highest BCUT2D eigenvalue weighted by Gasteiger charge is 2.19. The van der Waals surface area contributed by atoms with Crippen LogP contribution in [0.3, 0.4) is 0 Å². The van der Waals surface area contributed by atoms with E-state index in [4.69, 9.17) is 14.2 Å². The molecule has 0 aliphatic rings. The molecular formula is C50H96O6. The average molecular weight is 793 g/mol. The van der Waals surface area contributed by atoms with Crippen LogP contribution in [0.2, 0.25) is 0 Å². The van der Waals surface area contributed by atoms with Gasteiger partial charge in [0.05, 0.1) is 0 Å². The lowest BCUT2D eigenvalue weighted by Gasteiger charge is -2.18. The molecule has 0 saturated carbocycles. The Bertz CT molecular complexity index is 841. The summed E-state index contributed by atoms with van der Waals surface area (Å²) in [5.74, 6) is -0.00227. The molecule has 332 valence electrons. The maximum atomic E-state index is 12.7. The third kappa shape index (κ3) is 43.5. The molecule has 6 nitrogen and oxygen atoms in total. The number of hydrogen-bond acceptors (Lipinski definition) is 6. The Morgan fingerprint density at radius 2 is 0.589 bits per heavy atom. The summed E-state index contributed by atoms with van der Waals surface area (Å²) in [6.45, 7) is 8.99. The van der Waals surface area contributed by atoms with Crippen molar-refractivity contribution in [3.63, 3.8) is 0 Å².